The van der Waals surface area contributed by atoms with E-state index in [0.29, 0.717) is 25.8 Å². The summed E-state index contributed by atoms with van der Waals surface area (Å²) in [6.45, 7) is 4.25. The third kappa shape index (κ3) is 2.20. The number of nitrogens with zero attached hydrogens (tertiary/aromatic N) is 1. The van der Waals surface area contributed by atoms with E-state index in [4.69, 9.17) is 5.11 Å². The van der Waals surface area contributed by atoms with Gasteiger partial charge in [0.1, 0.15) is 0 Å². The van der Waals surface area contributed by atoms with Crippen molar-refractivity contribution < 1.29 is 18.3 Å². The van der Waals surface area contributed by atoms with Crippen molar-refractivity contribution in [3.63, 3.8) is 0 Å². The summed E-state index contributed by atoms with van der Waals surface area (Å²) >= 11 is 0. The maximum absolute atomic E-state index is 12.3. The van der Waals surface area contributed by atoms with E-state index >= 15 is 0 Å². The van der Waals surface area contributed by atoms with Gasteiger partial charge in [0.2, 0.25) is 10.0 Å². The quantitative estimate of drug-likeness (QED) is 0.819. The molecule has 1 heterocycles. The Kier molecular flexibility index (Phi) is 2.98. The van der Waals surface area contributed by atoms with Gasteiger partial charge in [-0.05, 0) is 32.1 Å². The van der Waals surface area contributed by atoms with Crippen LogP contribution in [0.5, 0.6) is 0 Å². The topological polar surface area (TPSA) is 74.7 Å². The normalized spacial score (nSPS) is 33.3. The molecule has 2 atom stereocenters. The zero-order chi connectivity index (χ0) is 12.8. The Labute approximate surface area is 102 Å². The summed E-state index contributed by atoms with van der Waals surface area (Å²) in [6.07, 6.45) is 1.95. The molecule has 0 aromatic rings. The summed E-state index contributed by atoms with van der Waals surface area (Å²) in [4.78, 5) is 11.0. The van der Waals surface area contributed by atoms with Crippen molar-refractivity contribution in [3.8, 4) is 0 Å². The van der Waals surface area contributed by atoms with E-state index in [0.717, 1.165) is 0 Å². The largest absolute Gasteiger partial charge is 0.481 e. The highest BCUT2D eigenvalue weighted by atomic mass is 32.2. The van der Waals surface area contributed by atoms with Gasteiger partial charge in [0.15, 0.2) is 0 Å². The Hall–Kier alpha value is -0.620. The van der Waals surface area contributed by atoms with Gasteiger partial charge in [0.05, 0.1) is 10.7 Å². The zero-order valence-corrected chi connectivity index (χ0v) is 11.0. The number of carboxylic acids is 1. The molecule has 2 rings (SSSR count). The summed E-state index contributed by atoms with van der Waals surface area (Å²) in [5, 5.41) is 9.04. The lowest BCUT2D eigenvalue weighted by Gasteiger charge is -2.35. The Morgan fingerprint density at radius 2 is 1.94 bits per heavy atom. The van der Waals surface area contributed by atoms with Crippen LogP contribution < -0.4 is 0 Å². The van der Waals surface area contributed by atoms with Crippen LogP contribution in [0.15, 0.2) is 0 Å². The molecule has 6 heteroatoms. The van der Waals surface area contributed by atoms with E-state index in [9.17, 15) is 13.2 Å². The molecule has 1 N–H and O–H groups in total. The minimum Gasteiger partial charge on any atom is -0.481 e. The average Bonchev–Trinajstić information content (AvgIpc) is 2.97. The van der Waals surface area contributed by atoms with E-state index in [1.807, 2.05) is 6.92 Å². The molecule has 2 fully saturated rings. The van der Waals surface area contributed by atoms with Crippen molar-refractivity contribution in [2.75, 3.05) is 13.1 Å². The molecular weight excluding hydrogens is 242 g/mol. The van der Waals surface area contributed by atoms with E-state index in [2.05, 4.69) is 0 Å². The number of piperidine rings is 1. The first kappa shape index (κ1) is 12.8. The summed E-state index contributed by atoms with van der Waals surface area (Å²) < 4.78 is 25.4. The van der Waals surface area contributed by atoms with Crippen molar-refractivity contribution in [1.82, 2.24) is 4.31 Å². The van der Waals surface area contributed by atoms with Gasteiger partial charge in [0.25, 0.3) is 0 Å². The fraction of sp³-hybridized carbons (Fsp3) is 0.909. The van der Waals surface area contributed by atoms with Gasteiger partial charge in [-0.25, -0.2) is 12.7 Å². The molecule has 17 heavy (non-hydrogen) atoms. The number of hydrogen-bond donors (Lipinski definition) is 1. The van der Waals surface area contributed by atoms with Gasteiger partial charge in [-0.1, -0.05) is 6.92 Å². The third-order valence-electron chi connectivity index (χ3n) is 3.89. The van der Waals surface area contributed by atoms with Gasteiger partial charge in [-0.15, -0.1) is 0 Å². The minimum absolute atomic E-state index is 0.113. The maximum Gasteiger partial charge on any atom is 0.307 e. The van der Waals surface area contributed by atoms with Crippen LogP contribution in [0.3, 0.4) is 0 Å². The van der Waals surface area contributed by atoms with Crippen LogP contribution >= 0.6 is 0 Å². The Bertz CT molecular complexity index is 427. The number of rotatable bonds is 3. The summed E-state index contributed by atoms with van der Waals surface area (Å²) in [7, 11) is -3.32. The van der Waals surface area contributed by atoms with Gasteiger partial charge < -0.3 is 5.11 Å². The van der Waals surface area contributed by atoms with E-state index < -0.39 is 26.7 Å². The molecule has 1 aliphatic heterocycles. The average molecular weight is 261 g/mol. The Morgan fingerprint density at radius 3 is 2.41 bits per heavy atom. The summed E-state index contributed by atoms with van der Waals surface area (Å²) in [5.41, 5.74) is 0. The first-order valence-electron chi connectivity index (χ1n) is 5.99. The van der Waals surface area contributed by atoms with Crippen LogP contribution in [0.25, 0.3) is 0 Å². The van der Waals surface area contributed by atoms with Crippen molar-refractivity contribution in [1.29, 1.82) is 0 Å². The fourth-order valence-electron chi connectivity index (χ4n) is 2.42. The van der Waals surface area contributed by atoms with Crippen molar-refractivity contribution in [3.05, 3.63) is 0 Å². The summed E-state index contributed by atoms with van der Waals surface area (Å²) in [6, 6.07) is 0. The second-order valence-electron chi connectivity index (χ2n) is 5.65. The number of aliphatic carboxylic acids is 1. The monoisotopic (exact) mass is 261 g/mol. The first-order chi connectivity index (χ1) is 7.76. The highest BCUT2D eigenvalue weighted by Crippen LogP contribution is 2.45. The highest BCUT2D eigenvalue weighted by molar-refractivity contribution is 7.90. The highest BCUT2D eigenvalue weighted by Gasteiger charge is 2.53. The molecule has 0 bridgehead atoms. The second-order valence-corrected chi connectivity index (χ2v) is 8.10. The number of carbonyl (C=O) groups is 1. The Morgan fingerprint density at radius 1 is 1.35 bits per heavy atom. The second kappa shape index (κ2) is 3.95. The van der Waals surface area contributed by atoms with Crippen molar-refractivity contribution in [2.24, 2.45) is 11.8 Å². The molecular formula is C11H19NO4S. The van der Waals surface area contributed by atoms with Crippen molar-refractivity contribution in [2.45, 2.75) is 37.9 Å². The van der Waals surface area contributed by atoms with Gasteiger partial charge in [-0.2, -0.15) is 0 Å². The molecule has 98 valence electrons. The molecule has 1 aliphatic carbocycles. The molecule has 0 aromatic heterocycles. The van der Waals surface area contributed by atoms with Crippen LogP contribution in [0.2, 0.25) is 0 Å². The lowest BCUT2D eigenvalue weighted by molar-refractivity contribution is -0.143. The third-order valence-corrected chi connectivity index (χ3v) is 6.52. The standard InChI is InChI=1S/C11H19NO4S/c1-8-5-9(10(13)14)7-12(6-8)17(15,16)11(2)3-4-11/h8-9H,3-7H2,1-2H3,(H,13,14). The summed E-state index contributed by atoms with van der Waals surface area (Å²) in [5.74, 6) is -1.34. The molecule has 0 amide bonds. The molecule has 0 aromatic carbocycles. The van der Waals surface area contributed by atoms with Gasteiger partial charge >= 0.3 is 5.97 Å². The fourth-order valence-corrected chi connectivity index (χ4v) is 4.49. The molecule has 1 saturated heterocycles. The van der Waals surface area contributed by atoms with E-state index in [1.54, 1.807) is 6.92 Å². The molecule has 0 radical (unpaired) electrons. The van der Waals surface area contributed by atoms with Crippen LogP contribution in [0.1, 0.15) is 33.1 Å². The maximum atomic E-state index is 12.3. The number of carboxylic acid groups (broad SMARTS) is 1. The molecule has 5 nitrogen and oxygen atoms in total. The molecule has 0 spiro atoms. The van der Waals surface area contributed by atoms with Crippen LogP contribution in [0, 0.1) is 11.8 Å². The van der Waals surface area contributed by atoms with E-state index in [1.165, 1.54) is 4.31 Å². The smallest absolute Gasteiger partial charge is 0.307 e. The lowest BCUT2D eigenvalue weighted by atomic mass is 9.92. The van der Waals surface area contributed by atoms with Crippen LogP contribution in [0.4, 0.5) is 0 Å². The molecule has 2 aliphatic rings. The molecule has 2 unspecified atom stereocenters. The first-order valence-corrected chi connectivity index (χ1v) is 7.43. The Balaban J connectivity index is 2.19. The zero-order valence-electron chi connectivity index (χ0n) is 10.2. The minimum atomic E-state index is -3.32. The lowest BCUT2D eigenvalue weighted by Crippen LogP contribution is -2.48. The predicted molar refractivity (Wildman–Crippen MR) is 63.0 cm³/mol. The van der Waals surface area contributed by atoms with Gasteiger partial charge in [-0.3, -0.25) is 4.79 Å². The van der Waals surface area contributed by atoms with Crippen LogP contribution in [-0.2, 0) is 14.8 Å². The SMILES string of the molecule is CC1CC(C(=O)O)CN(S(=O)(=O)C2(C)CC2)C1. The molecule has 1 saturated carbocycles. The van der Waals surface area contributed by atoms with E-state index in [-0.39, 0.29) is 12.5 Å². The predicted octanol–water partition coefficient (Wildman–Crippen LogP) is 0.911. The van der Waals surface area contributed by atoms with Crippen LogP contribution in [-0.4, -0.2) is 41.6 Å². The number of sulfonamides is 1. The number of hydrogen-bond acceptors (Lipinski definition) is 3. The van der Waals surface area contributed by atoms with Gasteiger partial charge in [0, 0.05) is 13.1 Å². The van der Waals surface area contributed by atoms with Crippen molar-refractivity contribution >= 4 is 16.0 Å².